The summed E-state index contributed by atoms with van der Waals surface area (Å²) < 4.78 is 10.8. The highest BCUT2D eigenvalue weighted by Crippen LogP contribution is 2.32. The van der Waals surface area contributed by atoms with Crippen molar-refractivity contribution in [2.75, 3.05) is 31.6 Å². The topological polar surface area (TPSA) is 69.1 Å². The summed E-state index contributed by atoms with van der Waals surface area (Å²) in [5.41, 5.74) is 1.35. The summed E-state index contributed by atoms with van der Waals surface area (Å²) in [6.07, 6.45) is 0.302. The normalized spacial score (nSPS) is 23.8. The van der Waals surface area contributed by atoms with Crippen molar-refractivity contribution < 1.29 is 24.0 Å². The van der Waals surface area contributed by atoms with Gasteiger partial charge in [-0.1, -0.05) is 0 Å². The zero-order valence-corrected chi connectivity index (χ0v) is 15.8. The molecule has 0 aliphatic carbocycles. The summed E-state index contributed by atoms with van der Waals surface area (Å²) in [5.74, 6) is -0.464. The summed E-state index contributed by atoms with van der Waals surface area (Å²) in [5, 5.41) is 3.49. The zero-order valence-electron chi connectivity index (χ0n) is 15.0. The first-order chi connectivity index (χ1) is 11.3. The molecule has 0 unspecified atom stereocenters. The number of thiophene rings is 1. The molecule has 1 aliphatic rings. The third-order valence-electron chi connectivity index (χ3n) is 4.15. The Labute approximate surface area is 147 Å². The highest BCUT2D eigenvalue weighted by molar-refractivity contribution is 7.16. The Bertz CT molecular complexity index is 604. The molecule has 1 aromatic heterocycles. The summed E-state index contributed by atoms with van der Waals surface area (Å²) in [4.78, 5) is 26.8. The molecule has 24 heavy (non-hydrogen) atoms. The second-order valence-electron chi connectivity index (χ2n) is 6.35. The fourth-order valence-electron chi connectivity index (χ4n) is 3.10. The van der Waals surface area contributed by atoms with Crippen LogP contribution < -0.4 is 10.2 Å². The van der Waals surface area contributed by atoms with Crippen molar-refractivity contribution in [1.29, 1.82) is 0 Å². The molecule has 0 aromatic carbocycles. The van der Waals surface area contributed by atoms with Gasteiger partial charge < -0.3 is 19.7 Å². The smallest absolute Gasteiger partial charge is 0.341 e. The van der Waals surface area contributed by atoms with Gasteiger partial charge in [-0.25, -0.2) is 4.79 Å². The first-order valence-electron chi connectivity index (χ1n) is 8.37. The van der Waals surface area contributed by atoms with Crippen LogP contribution in [0.15, 0.2) is 0 Å². The van der Waals surface area contributed by atoms with Gasteiger partial charge in [-0.15, -0.1) is 11.3 Å². The van der Waals surface area contributed by atoms with Crippen LogP contribution in [0.25, 0.3) is 0 Å². The highest BCUT2D eigenvalue weighted by atomic mass is 32.1. The van der Waals surface area contributed by atoms with Crippen molar-refractivity contribution in [3.05, 3.63) is 16.0 Å². The van der Waals surface area contributed by atoms with E-state index in [1.807, 2.05) is 27.7 Å². The predicted molar refractivity (Wildman–Crippen MR) is 94.0 cm³/mol. The maximum atomic E-state index is 12.4. The van der Waals surface area contributed by atoms with Crippen LogP contribution in [0.5, 0.6) is 0 Å². The lowest BCUT2D eigenvalue weighted by molar-refractivity contribution is -0.907. The van der Waals surface area contributed by atoms with E-state index in [9.17, 15) is 9.59 Å². The number of esters is 1. The van der Waals surface area contributed by atoms with Crippen molar-refractivity contribution in [3.8, 4) is 0 Å². The molecule has 2 N–H and O–H groups in total. The van der Waals surface area contributed by atoms with Gasteiger partial charge in [-0.05, 0) is 40.2 Å². The SMILES string of the molecule is CCOC(=O)c1c(NC(=O)C[NH+]2C[C@@H](C)O[C@H](C)C2)sc(C)c1C. The molecular weight excluding hydrogens is 328 g/mol. The molecule has 134 valence electrons. The Kier molecular flexibility index (Phi) is 6.37. The number of quaternary nitrogens is 1. The van der Waals surface area contributed by atoms with Crippen LogP contribution in [0.1, 0.15) is 41.6 Å². The first kappa shape index (κ1) is 18.9. The van der Waals surface area contributed by atoms with Crippen molar-refractivity contribution in [3.63, 3.8) is 0 Å². The molecule has 1 saturated heterocycles. The number of anilines is 1. The van der Waals surface area contributed by atoms with Gasteiger partial charge >= 0.3 is 5.97 Å². The minimum Gasteiger partial charge on any atom is -0.462 e. The third kappa shape index (κ3) is 4.55. The van der Waals surface area contributed by atoms with E-state index < -0.39 is 0 Å². The molecule has 1 aromatic rings. The molecule has 2 atom stereocenters. The third-order valence-corrected chi connectivity index (χ3v) is 5.27. The fourth-order valence-corrected chi connectivity index (χ4v) is 4.16. The Morgan fingerprint density at radius 3 is 2.50 bits per heavy atom. The van der Waals surface area contributed by atoms with Gasteiger partial charge in [-0.2, -0.15) is 0 Å². The van der Waals surface area contributed by atoms with Gasteiger partial charge in [0.2, 0.25) is 0 Å². The minimum atomic E-state index is -0.379. The van der Waals surface area contributed by atoms with Gasteiger partial charge in [-0.3, -0.25) is 4.79 Å². The number of rotatable bonds is 5. The summed E-state index contributed by atoms with van der Waals surface area (Å²) in [6, 6.07) is 0. The van der Waals surface area contributed by atoms with Crippen molar-refractivity contribution in [1.82, 2.24) is 0 Å². The van der Waals surface area contributed by atoms with E-state index in [1.165, 1.54) is 16.2 Å². The van der Waals surface area contributed by atoms with Gasteiger partial charge in [0.15, 0.2) is 6.54 Å². The maximum Gasteiger partial charge on any atom is 0.341 e. The fraction of sp³-hybridized carbons (Fsp3) is 0.647. The van der Waals surface area contributed by atoms with E-state index >= 15 is 0 Å². The first-order valence-corrected chi connectivity index (χ1v) is 9.19. The second kappa shape index (κ2) is 8.09. The largest absolute Gasteiger partial charge is 0.462 e. The second-order valence-corrected chi connectivity index (χ2v) is 7.57. The average Bonchev–Trinajstić information content (AvgIpc) is 2.72. The number of ether oxygens (including phenoxy) is 2. The Morgan fingerprint density at radius 1 is 1.29 bits per heavy atom. The lowest BCUT2D eigenvalue weighted by Gasteiger charge is -2.31. The van der Waals surface area contributed by atoms with Gasteiger partial charge in [0.25, 0.3) is 5.91 Å². The number of amides is 1. The number of morpholine rings is 1. The Hall–Kier alpha value is -1.44. The van der Waals surface area contributed by atoms with Crippen LogP contribution in [0.2, 0.25) is 0 Å². The summed E-state index contributed by atoms with van der Waals surface area (Å²) in [7, 11) is 0. The number of carbonyl (C=O) groups excluding carboxylic acids is 2. The van der Waals surface area contributed by atoms with E-state index in [0.29, 0.717) is 23.7 Å². The minimum absolute atomic E-state index is 0.0851. The Morgan fingerprint density at radius 2 is 1.92 bits per heavy atom. The quantitative estimate of drug-likeness (QED) is 0.778. The van der Waals surface area contributed by atoms with Gasteiger partial charge in [0.1, 0.15) is 30.3 Å². The van der Waals surface area contributed by atoms with Crippen LogP contribution in [0.3, 0.4) is 0 Å². The van der Waals surface area contributed by atoms with E-state index in [0.717, 1.165) is 23.5 Å². The molecule has 0 radical (unpaired) electrons. The molecule has 0 spiro atoms. The summed E-state index contributed by atoms with van der Waals surface area (Å²) in [6.45, 7) is 11.9. The van der Waals surface area contributed by atoms with Crippen LogP contribution in [-0.2, 0) is 14.3 Å². The lowest BCUT2D eigenvalue weighted by atomic mass is 10.1. The van der Waals surface area contributed by atoms with E-state index in [1.54, 1.807) is 6.92 Å². The molecule has 2 heterocycles. The molecule has 1 fully saturated rings. The molecule has 6 nitrogen and oxygen atoms in total. The highest BCUT2D eigenvalue weighted by Gasteiger charge is 2.28. The van der Waals surface area contributed by atoms with E-state index in [4.69, 9.17) is 9.47 Å². The standard InChI is InChI=1S/C17H26N2O4S/c1-6-22-17(21)15-12(4)13(5)24-16(15)18-14(20)9-19-7-10(2)23-11(3)8-19/h10-11H,6-9H2,1-5H3,(H,18,20)/p+1/t10-,11-/m1/s1. The molecule has 1 amide bonds. The lowest BCUT2D eigenvalue weighted by Crippen LogP contribution is -3.16. The Balaban J connectivity index is 2.06. The van der Waals surface area contributed by atoms with Crippen molar-refractivity contribution >= 4 is 28.2 Å². The number of carbonyl (C=O) groups is 2. The molecule has 2 rings (SSSR count). The number of hydrogen-bond acceptors (Lipinski definition) is 5. The van der Waals surface area contributed by atoms with Crippen molar-refractivity contribution in [2.24, 2.45) is 0 Å². The number of nitrogens with one attached hydrogen (secondary N) is 2. The van der Waals surface area contributed by atoms with Gasteiger partial charge in [0, 0.05) is 4.88 Å². The number of hydrogen-bond donors (Lipinski definition) is 2. The maximum absolute atomic E-state index is 12.4. The van der Waals surface area contributed by atoms with Crippen LogP contribution >= 0.6 is 11.3 Å². The predicted octanol–water partition coefficient (Wildman–Crippen LogP) is 1.17. The van der Waals surface area contributed by atoms with Crippen LogP contribution in [-0.4, -0.2) is 50.3 Å². The van der Waals surface area contributed by atoms with E-state index in [-0.39, 0.29) is 24.1 Å². The molecule has 1 aliphatic heterocycles. The zero-order chi connectivity index (χ0) is 17.9. The molecular formula is C17H27N2O4S+. The average molecular weight is 355 g/mol. The van der Waals surface area contributed by atoms with Crippen LogP contribution in [0, 0.1) is 13.8 Å². The molecule has 0 bridgehead atoms. The van der Waals surface area contributed by atoms with Crippen molar-refractivity contribution in [2.45, 2.75) is 46.8 Å². The molecule has 0 saturated carbocycles. The molecule has 7 heteroatoms. The van der Waals surface area contributed by atoms with Gasteiger partial charge in [0.05, 0.1) is 12.2 Å². The number of aryl methyl sites for hydroxylation is 1. The monoisotopic (exact) mass is 355 g/mol. The van der Waals surface area contributed by atoms with Crippen LogP contribution in [0.4, 0.5) is 5.00 Å². The van der Waals surface area contributed by atoms with E-state index in [2.05, 4.69) is 5.32 Å². The summed E-state index contributed by atoms with van der Waals surface area (Å²) >= 11 is 1.42.